The van der Waals surface area contributed by atoms with Gasteiger partial charge in [0.2, 0.25) is 5.16 Å². The molecule has 0 aliphatic carbocycles. The molecule has 1 aromatic heterocycles. The van der Waals surface area contributed by atoms with Gasteiger partial charge in [-0.2, -0.15) is 0 Å². The van der Waals surface area contributed by atoms with Crippen molar-refractivity contribution in [3.63, 3.8) is 0 Å². The summed E-state index contributed by atoms with van der Waals surface area (Å²) in [6.45, 7) is 3.77. The first kappa shape index (κ1) is 12.1. The molecular weight excluding hydrogens is 232 g/mol. The van der Waals surface area contributed by atoms with Gasteiger partial charge in [0.25, 0.3) is 0 Å². The molecule has 0 aliphatic heterocycles. The summed E-state index contributed by atoms with van der Waals surface area (Å²) in [6, 6.07) is 10.4. The molecule has 0 unspecified atom stereocenters. The zero-order chi connectivity index (χ0) is 11.9. The van der Waals surface area contributed by atoms with Crippen LogP contribution in [0.2, 0.25) is 0 Å². The summed E-state index contributed by atoms with van der Waals surface area (Å²) in [6.07, 6.45) is 0. The molecule has 90 valence electrons. The van der Waals surface area contributed by atoms with Crippen LogP contribution in [0.5, 0.6) is 0 Å². The zero-order valence-corrected chi connectivity index (χ0v) is 10.6. The van der Waals surface area contributed by atoms with Gasteiger partial charge in [0.05, 0.1) is 0 Å². The summed E-state index contributed by atoms with van der Waals surface area (Å²) in [5.74, 6) is 1.84. The fourth-order valence-corrected chi connectivity index (χ4v) is 2.17. The Balaban J connectivity index is 1.61. The molecule has 2 aromatic rings. The second kappa shape index (κ2) is 6.42. The molecule has 0 radical (unpaired) electrons. The van der Waals surface area contributed by atoms with Crippen LogP contribution in [0.3, 0.4) is 0 Å². The van der Waals surface area contributed by atoms with Crippen molar-refractivity contribution in [2.24, 2.45) is 0 Å². The third kappa shape index (κ3) is 4.20. The van der Waals surface area contributed by atoms with Gasteiger partial charge >= 0.3 is 0 Å². The molecule has 1 heterocycles. The Bertz CT molecular complexity index is 441. The van der Waals surface area contributed by atoms with Crippen molar-refractivity contribution in [3.05, 3.63) is 41.7 Å². The Labute approximate surface area is 105 Å². The molecule has 2 rings (SSSR count). The molecule has 0 saturated carbocycles. The Morgan fingerprint density at radius 1 is 1.29 bits per heavy atom. The largest absolute Gasteiger partial charge is 0.312 e. The van der Waals surface area contributed by atoms with E-state index in [1.54, 1.807) is 11.8 Å². The minimum atomic E-state index is 0.823. The van der Waals surface area contributed by atoms with Crippen LogP contribution in [0, 0.1) is 6.92 Å². The number of aromatic amines is 1. The fourth-order valence-electron chi connectivity index (χ4n) is 1.43. The maximum atomic E-state index is 4.24. The summed E-state index contributed by atoms with van der Waals surface area (Å²) in [4.78, 5) is 4.24. The smallest absolute Gasteiger partial charge is 0.208 e. The highest BCUT2D eigenvalue weighted by molar-refractivity contribution is 7.99. The monoisotopic (exact) mass is 248 g/mol. The highest BCUT2D eigenvalue weighted by Gasteiger charge is 1.99. The average Bonchev–Trinajstić information content (AvgIpc) is 2.76. The Kier molecular flexibility index (Phi) is 4.58. The third-order valence-electron chi connectivity index (χ3n) is 2.26. The van der Waals surface area contributed by atoms with Gasteiger partial charge in [-0.3, -0.25) is 5.10 Å². The number of H-pyrrole nitrogens is 1. The summed E-state index contributed by atoms with van der Waals surface area (Å²) in [7, 11) is 0. The predicted molar refractivity (Wildman–Crippen MR) is 70.0 cm³/mol. The lowest BCUT2D eigenvalue weighted by molar-refractivity contribution is 0.731. The molecule has 0 saturated heterocycles. The van der Waals surface area contributed by atoms with Crippen LogP contribution in [0.25, 0.3) is 0 Å². The maximum absolute atomic E-state index is 4.24. The van der Waals surface area contributed by atoms with Crippen molar-refractivity contribution in [2.45, 2.75) is 18.6 Å². The van der Waals surface area contributed by atoms with Gasteiger partial charge in [0.15, 0.2) is 0 Å². The minimum Gasteiger partial charge on any atom is -0.312 e. The number of benzene rings is 1. The zero-order valence-electron chi connectivity index (χ0n) is 9.81. The van der Waals surface area contributed by atoms with Gasteiger partial charge < -0.3 is 5.32 Å². The van der Waals surface area contributed by atoms with Gasteiger partial charge in [0, 0.05) is 18.8 Å². The van der Waals surface area contributed by atoms with E-state index in [4.69, 9.17) is 0 Å². The number of hydrogen-bond acceptors (Lipinski definition) is 4. The highest BCUT2D eigenvalue weighted by atomic mass is 32.2. The average molecular weight is 248 g/mol. The second-order valence-electron chi connectivity index (χ2n) is 3.71. The van der Waals surface area contributed by atoms with E-state index in [0.717, 1.165) is 29.8 Å². The SMILES string of the molecule is Cc1nc(SCCNCc2ccccc2)n[nH]1. The van der Waals surface area contributed by atoms with Gasteiger partial charge in [-0.1, -0.05) is 42.1 Å². The number of aromatic nitrogens is 3. The van der Waals surface area contributed by atoms with E-state index in [1.807, 2.05) is 13.0 Å². The van der Waals surface area contributed by atoms with Crippen LogP contribution in [0.4, 0.5) is 0 Å². The molecule has 0 bridgehead atoms. The normalized spacial score (nSPS) is 10.6. The first-order valence-corrected chi connectivity index (χ1v) is 6.59. The molecule has 0 spiro atoms. The lowest BCUT2D eigenvalue weighted by Gasteiger charge is -2.03. The third-order valence-corrected chi connectivity index (χ3v) is 3.11. The van der Waals surface area contributed by atoms with E-state index in [9.17, 15) is 0 Å². The maximum Gasteiger partial charge on any atom is 0.208 e. The molecule has 0 aliphatic rings. The number of rotatable bonds is 6. The van der Waals surface area contributed by atoms with E-state index in [-0.39, 0.29) is 0 Å². The minimum absolute atomic E-state index is 0.823. The van der Waals surface area contributed by atoms with Crippen molar-refractivity contribution in [3.8, 4) is 0 Å². The van der Waals surface area contributed by atoms with Gasteiger partial charge in [-0.05, 0) is 12.5 Å². The summed E-state index contributed by atoms with van der Waals surface area (Å²) in [5, 5.41) is 11.1. The molecule has 0 atom stereocenters. The molecule has 2 N–H and O–H groups in total. The molecule has 5 heteroatoms. The molecule has 0 fully saturated rings. The van der Waals surface area contributed by atoms with Gasteiger partial charge in [-0.15, -0.1) is 5.10 Å². The van der Waals surface area contributed by atoms with E-state index in [2.05, 4.69) is 44.8 Å². The fraction of sp³-hybridized carbons (Fsp3) is 0.333. The standard InChI is InChI=1S/C12H16N4S/c1-10-14-12(16-15-10)17-8-7-13-9-11-5-3-2-4-6-11/h2-6,13H,7-9H2,1H3,(H,14,15,16). The van der Waals surface area contributed by atoms with E-state index >= 15 is 0 Å². The Morgan fingerprint density at radius 3 is 2.82 bits per heavy atom. The first-order valence-electron chi connectivity index (χ1n) is 5.61. The number of hydrogen-bond donors (Lipinski definition) is 2. The Hall–Kier alpha value is -1.33. The van der Waals surface area contributed by atoms with E-state index < -0.39 is 0 Å². The van der Waals surface area contributed by atoms with Crippen molar-refractivity contribution >= 4 is 11.8 Å². The predicted octanol–water partition coefficient (Wildman–Crippen LogP) is 2.00. The van der Waals surface area contributed by atoms with Gasteiger partial charge in [0.1, 0.15) is 5.82 Å². The van der Waals surface area contributed by atoms with Crippen molar-refractivity contribution in [1.29, 1.82) is 0 Å². The summed E-state index contributed by atoms with van der Waals surface area (Å²) in [5.41, 5.74) is 1.31. The van der Waals surface area contributed by atoms with E-state index in [0.29, 0.717) is 0 Å². The molecule has 0 amide bonds. The van der Waals surface area contributed by atoms with Crippen LogP contribution in [0.15, 0.2) is 35.5 Å². The van der Waals surface area contributed by atoms with Crippen molar-refractivity contribution in [1.82, 2.24) is 20.5 Å². The van der Waals surface area contributed by atoms with Crippen molar-refractivity contribution in [2.75, 3.05) is 12.3 Å². The number of thioether (sulfide) groups is 1. The topological polar surface area (TPSA) is 53.6 Å². The number of nitrogens with zero attached hydrogens (tertiary/aromatic N) is 2. The van der Waals surface area contributed by atoms with Crippen LogP contribution >= 0.6 is 11.8 Å². The van der Waals surface area contributed by atoms with E-state index in [1.165, 1.54) is 5.56 Å². The van der Waals surface area contributed by atoms with Crippen LogP contribution in [-0.4, -0.2) is 27.5 Å². The van der Waals surface area contributed by atoms with Crippen molar-refractivity contribution < 1.29 is 0 Å². The van der Waals surface area contributed by atoms with Crippen LogP contribution in [0.1, 0.15) is 11.4 Å². The number of nitrogens with one attached hydrogen (secondary N) is 2. The van der Waals surface area contributed by atoms with Crippen LogP contribution in [-0.2, 0) is 6.54 Å². The lowest BCUT2D eigenvalue weighted by Crippen LogP contribution is -2.16. The summed E-state index contributed by atoms with van der Waals surface area (Å²) < 4.78 is 0. The van der Waals surface area contributed by atoms with Crippen LogP contribution < -0.4 is 5.32 Å². The summed E-state index contributed by atoms with van der Waals surface area (Å²) >= 11 is 1.66. The molecular formula is C12H16N4S. The highest BCUT2D eigenvalue weighted by Crippen LogP contribution is 2.10. The Morgan fingerprint density at radius 2 is 2.12 bits per heavy atom. The molecule has 4 nitrogen and oxygen atoms in total. The molecule has 17 heavy (non-hydrogen) atoms. The van der Waals surface area contributed by atoms with Gasteiger partial charge in [-0.25, -0.2) is 4.98 Å². The molecule has 1 aromatic carbocycles. The quantitative estimate of drug-likeness (QED) is 0.606. The number of aryl methyl sites for hydroxylation is 1. The first-order chi connectivity index (χ1) is 8.34. The second-order valence-corrected chi connectivity index (χ2v) is 4.78. The lowest BCUT2D eigenvalue weighted by atomic mass is 10.2.